The van der Waals surface area contributed by atoms with Crippen molar-refractivity contribution in [1.82, 2.24) is 15.0 Å². The molecule has 7 aromatic carbocycles. The summed E-state index contributed by atoms with van der Waals surface area (Å²) in [6.45, 7) is 0. The van der Waals surface area contributed by atoms with E-state index >= 15 is 0 Å². The molecule has 0 bridgehead atoms. The van der Waals surface area contributed by atoms with Crippen molar-refractivity contribution >= 4 is 22.1 Å². The summed E-state index contributed by atoms with van der Waals surface area (Å²) in [6.07, 6.45) is 0. The summed E-state index contributed by atoms with van der Waals surface area (Å²) in [5.41, 5.74) is 15.8. The van der Waals surface area contributed by atoms with Crippen LogP contribution in [0.4, 0.5) is 0 Å². The number of nitrogens with zero attached hydrogens (tertiary/aromatic N) is 3. The molecule has 55 heavy (non-hydrogen) atoms. The number of aromatic nitrogens is 3. The molecule has 3 heterocycles. The lowest BCUT2D eigenvalue weighted by Crippen LogP contribution is -1.94. The fraction of sp³-hybridized carbons (Fsp3) is 0. The molecule has 0 spiro atoms. The number of furan rings is 1. The number of benzene rings is 7. The molecule has 4 nitrogen and oxygen atoms in total. The highest BCUT2D eigenvalue weighted by Gasteiger charge is 2.18. The Bertz CT molecular complexity index is 2910. The van der Waals surface area contributed by atoms with Gasteiger partial charge < -0.3 is 4.42 Å². The van der Waals surface area contributed by atoms with Crippen molar-refractivity contribution in [3.63, 3.8) is 0 Å². The minimum absolute atomic E-state index is 0.656. The topological polar surface area (TPSA) is 51.8 Å². The lowest BCUT2D eigenvalue weighted by atomic mass is 9.95. The Balaban J connectivity index is 1.03. The van der Waals surface area contributed by atoms with Gasteiger partial charge >= 0.3 is 0 Å². The molecule has 10 rings (SSSR count). The third-order valence-corrected chi connectivity index (χ3v) is 10.1. The molecule has 3 aromatic heterocycles. The number of hydrogen-bond acceptors (Lipinski definition) is 4. The Morgan fingerprint density at radius 2 is 0.782 bits per heavy atom. The second kappa shape index (κ2) is 13.8. The standard InChI is InChI=1S/C51H33N3O/c1-4-15-34(16-5-1)43-32-45(35-17-6-2-7-18-35)52-46(33-43)41-25-13-23-39(30-41)37-21-12-22-38(29-37)40-24-14-26-42(31-40)51-53-48(36-19-8-3-9-20-36)50-49(54-51)44-27-10-11-28-47(44)55-50/h1-33H. The largest absolute Gasteiger partial charge is 0.452 e. The van der Waals surface area contributed by atoms with Crippen molar-refractivity contribution in [3.05, 3.63) is 200 Å². The van der Waals surface area contributed by atoms with Gasteiger partial charge in [-0.05, 0) is 75.8 Å². The minimum atomic E-state index is 0.656. The molecule has 0 N–H and O–H groups in total. The monoisotopic (exact) mass is 703 g/mol. The van der Waals surface area contributed by atoms with E-state index in [0.717, 1.165) is 89.2 Å². The van der Waals surface area contributed by atoms with E-state index in [2.05, 4.69) is 158 Å². The molecule has 10 aromatic rings. The van der Waals surface area contributed by atoms with Crippen LogP contribution >= 0.6 is 0 Å². The predicted molar refractivity (Wildman–Crippen MR) is 225 cm³/mol. The van der Waals surface area contributed by atoms with Crippen molar-refractivity contribution in [2.45, 2.75) is 0 Å². The maximum Gasteiger partial charge on any atom is 0.180 e. The van der Waals surface area contributed by atoms with Crippen LogP contribution in [0.1, 0.15) is 0 Å². The molecule has 0 aliphatic carbocycles. The van der Waals surface area contributed by atoms with Crippen LogP contribution in [0.15, 0.2) is 205 Å². The number of pyridine rings is 1. The van der Waals surface area contributed by atoms with Crippen molar-refractivity contribution in [3.8, 4) is 78.5 Å². The van der Waals surface area contributed by atoms with Crippen LogP contribution in [0.5, 0.6) is 0 Å². The highest BCUT2D eigenvalue weighted by Crippen LogP contribution is 2.37. The first kappa shape index (κ1) is 32.2. The van der Waals surface area contributed by atoms with E-state index in [4.69, 9.17) is 19.4 Å². The predicted octanol–water partition coefficient (Wildman–Crippen LogP) is 13.4. The van der Waals surface area contributed by atoms with Gasteiger partial charge in [-0.2, -0.15) is 0 Å². The second-order valence-electron chi connectivity index (χ2n) is 13.6. The number of para-hydroxylation sites is 1. The van der Waals surface area contributed by atoms with E-state index < -0.39 is 0 Å². The van der Waals surface area contributed by atoms with Gasteiger partial charge in [0.15, 0.2) is 11.4 Å². The Kier molecular flexibility index (Phi) is 8.12. The van der Waals surface area contributed by atoms with Crippen LogP contribution in [0.3, 0.4) is 0 Å². The van der Waals surface area contributed by atoms with Crippen LogP contribution in [0.25, 0.3) is 101 Å². The van der Waals surface area contributed by atoms with E-state index in [-0.39, 0.29) is 0 Å². The Morgan fingerprint density at radius 3 is 1.44 bits per heavy atom. The summed E-state index contributed by atoms with van der Waals surface area (Å²) in [6, 6.07) is 69.4. The summed E-state index contributed by atoms with van der Waals surface area (Å²) >= 11 is 0. The van der Waals surface area contributed by atoms with Gasteiger partial charge in [0.1, 0.15) is 16.8 Å². The molecular weight excluding hydrogens is 671 g/mol. The first-order valence-corrected chi connectivity index (χ1v) is 18.4. The molecule has 0 saturated carbocycles. The van der Waals surface area contributed by atoms with Crippen molar-refractivity contribution in [2.24, 2.45) is 0 Å². The van der Waals surface area contributed by atoms with E-state index in [1.165, 1.54) is 0 Å². The van der Waals surface area contributed by atoms with Gasteiger partial charge in [-0.15, -0.1) is 0 Å². The molecule has 0 fully saturated rings. The van der Waals surface area contributed by atoms with Gasteiger partial charge in [-0.25, -0.2) is 15.0 Å². The first-order chi connectivity index (χ1) is 27.2. The molecule has 0 aliphatic rings. The lowest BCUT2D eigenvalue weighted by molar-refractivity contribution is 0.667. The molecule has 0 aliphatic heterocycles. The number of fused-ring (bicyclic) bond motifs is 3. The van der Waals surface area contributed by atoms with Crippen LogP contribution in [0.2, 0.25) is 0 Å². The average molecular weight is 704 g/mol. The molecule has 0 radical (unpaired) electrons. The van der Waals surface area contributed by atoms with E-state index in [0.29, 0.717) is 11.4 Å². The van der Waals surface area contributed by atoms with Crippen LogP contribution in [0, 0.1) is 0 Å². The van der Waals surface area contributed by atoms with Gasteiger partial charge in [-0.1, -0.05) is 158 Å². The van der Waals surface area contributed by atoms with E-state index in [1.807, 2.05) is 42.5 Å². The zero-order valence-corrected chi connectivity index (χ0v) is 29.8. The van der Waals surface area contributed by atoms with Crippen LogP contribution in [-0.4, -0.2) is 15.0 Å². The molecule has 0 saturated heterocycles. The molecule has 0 amide bonds. The maximum absolute atomic E-state index is 6.34. The summed E-state index contributed by atoms with van der Waals surface area (Å²) in [5.74, 6) is 0.656. The Labute approximate surface area is 319 Å². The molecule has 4 heteroatoms. The van der Waals surface area contributed by atoms with Crippen molar-refractivity contribution in [2.75, 3.05) is 0 Å². The Morgan fingerprint density at radius 1 is 0.309 bits per heavy atom. The zero-order valence-electron chi connectivity index (χ0n) is 29.8. The van der Waals surface area contributed by atoms with E-state index in [1.54, 1.807) is 0 Å². The Hall–Kier alpha value is -7.43. The summed E-state index contributed by atoms with van der Waals surface area (Å²) in [7, 11) is 0. The zero-order chi connectivity index (χ0) is 36.6. The third kappa shape index (κ3) is 6.26. The quantitative estimate of drug-likeness (QED) is 0.166. The summed E-state index contributed by atoms with van der Waals surface area (Å²) in [4.78, 5) is 15.4. The number of rotatable bonds is 7. The fourth-order valence-corrected chi connectivity index (χ4v) is 7.32. The lowest BCUT2D eigenvalue weighted by Gasteiger charge is -2.12. The summed E-state index contributed by atoms with van der Waals surface area (Å²) in [5, 5.41) is 0.975. The molecule has 0 atom stereocenters. The van der Waals surface area contributed by atoms with Gasteiger partial charge in [0.2, 0.25) is 0 Å². The molecule has 0 unspecified atom stereocenters. The smallest absolute Gasteiger partial charge is 0.180 e. The minimum Gasteiger partial charge on any atom is -0.452 e. The molecular formula is C51H33N3O. The third-order valence-electron chi connectivity index (χ3n) is 10.1. The van der Waals surface area contributed by atoms with Crippen molar-refractivity contribution < 1.29 is 4.42 Å². The van der Waals surface area contributed by atoms with Gasteiger partial charge in [0.25, 0.3) is 0 Å². The van der Waals surface area contributed by atoms with Crippen molar-refractivity contribution in [1.29, 1.82) is 0 Å². The van der Waals surface area contributed by atoms with Gasteiger partial charge in [0.05, 0.1) is 11.4 Å². The van der Waals surface area contributed by atoms with E-state index in [9.17, 15) is 0 Å². The average Bonchev–Trinajstić information content (AvgIpc) is 3.66. The summed E-state index contributed by atoms with van der Waals surface area (Å²) < 4.78 is 6.34. The van der Waals surface area contributed by atoms with Gasteiger partial charge in [-0.3, -0.25) is 0 Å². The first-order valence-electron chi connectivity index (χ1n) is 18.4. The van der Waals surface area contributed by atoms with Crippen LogP contribution < -0.4 is 0 Å². The SMILES string of the molecule is c1ccc(-c2cc(-c3ccccc3)nc(-c3cccc(-c4cccc(-c5cccc(-c6nc(-c7ccccc7)c7oc8ccccc8c7n6)c5)c4)c3)c2)cc1. The normalized spacial score (nSPS) is 11.3. The number of hydrogen-bond donors (Lipinski definition) is 0. The molecule has 258 valence electrons. The fourth-order valence-electron chi connectivity index (χ4n) is 7.32. The highest BCUT2D eigenvalue weighted by molar-refractivity contribution is 6.07. The second-order valence-corrected chi connectivity index (χ2v) is 13.6. The highest BCUT2D eigenvalue weighted by atomic mass is 16.3. The maximum atomic E-state index is 6.34. The van der Waals surface area contributed by atoms with Crippen LogP contribution in [-0.2, 0) is 0 Å². The van der Waals surface area contributed by atoms with Gasteiger partial charge in [0, 0.05) is 27.6 Å².